The highest BCUT2D eigenvalue weighted by atomic mass is 32.2. The molecule has 10 heteroatoms. The predicted octanol–water partition coefficient (Wildman–Crippen LogP) is 0.507. The van der Waals surface area contributed by atoms with Crippen LogP contribution in [0.25, 0.3) is 0 Å². The molecule has 140 valence electrons. The molecule has 1 saturated carbocycles. The molecular formula is C16H21N5O4S. The van der Waals surface area contributed by atoms with Crippen LogP contribution >= 0.6 is 11.8 Å². The van der Waals surface area contributed by atoms with Crippen LogP contribution in [0.2, 0.25) is 0 Å². The lowest BCUT2D eigenvalue weighted by molar-refractivity contribution is -0.119. The highest BCUT2D eigenvalue weighted by Gasteiger charge is 2.18. The van der Waals surface area contributed by atoms with Gasteiger partial charge in [-0.3, -0.25) is 14.2 Å². The molecule has 1 aliphatic rings. The van der Waals surface area contributed by atoms with Gasteiger partial charge < -0.3 is 14.7 Å². The number of nitrogens with zero attached hydrogens (tertiary/aromatic N) is 3. The Morgan fingerprint density at radius 1 is 1.35 bits per heavy atom. The van der Waals surface area contributed by atoms with Crippen LogP contribution in [0.4, 0.5) is 0 Å². The average Bonchev–Trinajstić information content (AvgIpc) is 3.27. The molecule has 0 aromatic carbocycles. The SMILES string of the molecule is Cc1[nH]c(=O)n(C)c(=O)c1Cc1nnc(SCC(=O)NC2CCCC2)o1. The van der Waals surface area contributed by atoms with Gasteiger partial charge in [-0.15, -0.1) is 10.2 Å². The third-order valence-electron chi connectivity index (χ3n) is 4.44. The first kappa shape index (κ1) is 18.4. The molecule has 0 radical (unpaired) electrons. The van der Waals surface area contributed by atoms with Gasteiger partial charge >= 0.3 is 5.69 Å². The van der Waals surface area contributed by atoms with Gasteiger partial charge in [0.1, 0.15) is 0 Å². The van der Waals surface area contributed by atoms with Crippen LogP contribution in [0, 0.1) is 6.92 Å². The molecule has 0 bridgehead atoms. The fourth-order valence-electron chi connectivity index (χ4n) is 2.97. The molecule has 2 aromatic heterocycles. The first-order chi connectivity index (χ1) is 12.4. The largest absolute Gasteiger partial charge is 0.416 e. The maximum atomic E-state index is 12.2. The molecule has 0 atom stereocenters. The van der Waals surface area contributed by atoms with Crippen LogP contribution in [-0.4, -0.2) is 37.5 Å². The van der Waals surface area contributed by atoms with Crippen molar-refractivity contribution < 1.29 is 9.21 Å². The third-order valence-corrected chi connectivity index (χ3v) is 5.26. The van der Waals surface area contributed by atoms with Crippen molar-refractivity contribution in [3.8, 4) is 0 Å². The molecule has 2 N–H and O–H groups in total. The second kappa shape index (κ2) is 7.90. The second-order valence-corrected chi connectivity index (χ2v) is 7.30. The summed E-state index contributed by atoms with van der Waals surface area (Å²) < 4.78 is 6.51. The zero-order chi connectivity index (χ0) is 18.7. The monoisotopic (exact) mass is 379 g/mol. The van der Waals surface area contributed by atoms with Gasteiger partial charge in [-0.05, 0) is 19.8 Å². The number of aromatic amines is 1. The number of carbonyl (C=O) groups is 1. The number of aromatic nitrogens is 4. The molecule has 3 rings (SSSR count). The highest BCUT2D eigenvalue weighted by Crippen LogP contribution is 2.20. The Labute approximate surface area is 153 Å². The maximum absolute atomic E-state index is 12.2. The van der Waals surface area contributed by atoms with Gasteiger partial charge in [0.2, 0.25) is 11.8 Å². The Kier molecular flexibility index (Phi) is 5.60. The lowest BCUT2D eigenvalue weighted by Gasteiger charge is -2.10. The van der Waals surface area contributed by atoms with Crippen molar-refractivity contribution in [3.63, 3.8) is 0 Å². The van der Waals surface area contributed by atoms with Crippen molar-refractivity contribution in [3.05, 3.63) is 38.0 Å². The van der Waals surface area contributed by atoms with E-state index in [0.29, 0.717) is 11.3 Å². The molecule has 26 heavy (non-hydrogen) atoms. The van der Waals surface area contributed by atoms with Gasteiger partial charge in [0, 0.05) is 24.3 Å². The topological polar surface area (TPSA) is 123 Å². The zero-order valence-electron chi connectivity index (χ0n) is 14.7. The number of aryl methyl sites for hydroxylation is 1. The quantitative estimate of drug-likeness (QED) is 0.701. The summed E-state index contributed by atoms with van der Waals surface area (Å²) >= 11 is 1.16. The summed E-state index contributed by atoms with van der Waals surface area (Å²) in [4.78, 5) is 38.3. The molecule has 2 aromatic rings. The van der Waals surface area contributed by atoms with Gasteiger partial charge in [-0.2, -0.15) is 0 Å². The Hall–Kier alpha value is -2.36. The third kappa shape index (κ3) is 4.24. The fraction of sp³-hybridized carbons (Fsp3) is 0.562. The number of nitrogens with one attached hydrogen (secondary N) is 2. The van der Waals surface area contributed by atoms with Crippen LogP contribution in [0.3, 0.4) is 0 Å². The summed E-state index contributed by atoms with van der Waals surface area (Å²) in [5.74, 6) is 0.417. The van der Waals surface area contributed by atoms with Crippen molar-refractivity contribution in [2.75, 3.05) is 5.75 Å². The van der Waals surface area contributed by atoms with Crippen molar-refractivity contribution >= 4 is 17.7 Å². The van der Waals surface area contributed by atoms with E-state index >= 15 is 0 Å². The van der Waals surface area contributed by atoms with Crippen LogP contribution in [0.15, 0.2) is 19.2 Å². The number of thioether (sulfide) groups is 1. The van der Waals surface area contributed by atoms with E-state index in [0.717, 1.165) is 42.0 Å². The molecule has 9 nitrogen and oxygen atoms in total. The Balaban J connectivity index is 1.60. The molecule has 0 unspecified atom stereocenters. The molecule has 0 saturated heterocycles. The lowest BCUT2D eigenvalue weighted by atomic mass is 10.2. The minimum absolute atomic E-state index is 0.0491. The van der Waals surface area contributed by atoms with Gasteiger partial charge in [-0.25, -0.2) is 4.79 Å². The van der Waals surface area contributed by atoms with E-state index in [-0.39, 0.29) is 35.2 Å². The molecule has 1 fully saturated rings. The number of H-pyrrole nitrogens is 1. The summed E-state index contributed by atoms with van der Waals surface area (Å²) in [6.45, 7) is 1.65. The molecular weight excluding hydrogens is 358 g/mol. The summed E-state index contributed by atoms with van der Waals surface area (Å²) in [6.07, 6.45) is 4.52. The average molecular weight is 379 g/mol. The number of hydrogen-bond donors (Lipinski definition) is 2. The lowest BCUT2D eigenvalue weighted by Crippen LogP contribution is -2.36. The van der Waals surface area contributed by atoms with E-state index in [1.807, 2.05) is 0 Å². The first-order valence-electron chi connectivity index (χ1n) is 8.47. The number of carbonyl (C=O) groups excluding carboxylic acids is 1. The van der Waals surface area contributed by atoms with Gasteiger partial charge in [0.25, 0.3) is 10.8 Å². The minimum atomic E-state index is -0.466. The summed E-state index contributed by atoms with van der Waals surface area (Å²) in [5, 5.41) is 11.1. The van der Waals surface area contributed by atoms with Gasteiger partial charge in [-0.1, -0.05) is 24.6 Å². The smallest absolute Gasteiger partial charge is 0.328 e. The standard InChI is InChI=1S/C16H21N5O4S/c1-9-11(14(23)21(2)15(24)17-9)7-13-19-20-16(25-13)26-8-12(22)18-10-5-3-4-6-10/h10H,3-8H2,1-2H3,(H,17,24)(H,18,22). The van der Waals surface area contributed by atoms with E-state index in [9.17, 15) is 14.4 Å². The van der Waals surface area contributed by atoms with Crippen molar-refractivity contribution in [2.45, 2.75) is 50.3 Å². The second-order valence-electron chi connectivity index (χ2n) is 6.37. The Bertz CT molecular complexity index is 910. The molecule has 1 aliphatic carbocycles. The summed E-state index contributed by atoms with van der Waals surface area (Å²) in [6, 6.07) is 0.278. The molecule has 0 aliphatic heterocycles. The van der Waals surface area contributed by atoms with Crippen molar-refractivity contribution in [1.29, 1.82) is 0 Å². The maximum Gasteiger partial charge on any atom is 0.328 e. The summed E-state index contributed by atoms with van der Waals surface area (Å²) in [5.41, 5.74) is 0.00798. The highest BCUT2D eigenvalue weighted by molar-refractivity contribution is 7.99. The van der Waals surface area contributed by atoms with E-state index in [4.69, 9.17) is 4.42 Å². The first-order valence-corrected chi connectivity index (χ1v) is 9.46. The normalized spacial score (nSPS) is 14.7. The van der Waals surface area contributed by atoms with E-state index < -0.39 is 11.2 Å². The number of amides is 1. The summed E-state index contributed by atoms with van der Waals surface area (Å²) in [7, 11) is 1.40. The van der Waals surface area contributed by atoms with Crippen molar-refractivity contribution in [1.82, 2.24) is 25.1 Å². The zero-order valence-corrected chi connectivity index (χ0v) is 15.5. The van der Waals surface area contributed by atoms with E-state index in [1.165, 1.54) is 7.05 Å². The van der Waals surface area contributed by atoms with Crippen LogP contribution in [-0.2, 0) is 18.3 Å². The molecule has 0 spiro atoms. The van der Waals surface area contributed by atoms with Crippen molar-refractivity contribution in [2.24, 2.45) is 7.05 Å². The van der Waals surface area contributed by atoms with Crippen LogP contribution in [0.5, 0.6) is 0 Å². The predicted molar refractivity (Wildman–Crippen MR) is 95.3 cm³/mol. The van der Waals surface area contributed by atoms with E-state index in [1.54, 1.807) is 6.92 Å². The van der Waals surface area contributed by atoms with Crippen LogP contribution < -0.4 is 16.6 Å². The van der Waals surface area contributed by atoms with Gasteiger partial charge in [0.15, 0.2) is 0 Å². The van der Waals surface area contributed by atoms with E-state index in [2.05, 4.69) is 20.5 Å². The minimum Gasteiger partial charge on any atom is -0.416 e. The number of hydrogen-bond acceptors (Lipinski definition) is 7. The molecule has 1 amide bonds. The fourth-order valence-corrected chi connectivity index (χ4v) is 3.56. The Morgan fingerprint density at radius 2 is 2.08 bits per heavy atom. The van der Waals surface area contributed by atoms with Gasteiger partial charge in [0.05, 0.1) is 12.2 Å². The molecule has 2 heterocycles. The Morgan fingerprint density at radius 3 is 2.81 bits per heavy atom. The number of rotatable bonds is 6. The van der Waals surface area contributed by atoms with Crippen LogP contribution in [0.1, 0.15) is 42.8 Å².